The van der Waals surface area contributed by atoms with Crippen LogP contribution >= 0.6 is 0 Å². The molecule has 2 heterocycles. The lowest BCUT2D eigenvalue weighted by molar-refractivity contribution is 0.154. The van der Waals surface area contributed by atoms with E-state index in [0.717, 1.165) is 12.0 Å². The molecule has 0 radical (unpaired) electrons. The highest BCUT2D eigenvalue weighted by atomic mass is 15.2. The monoisotopic (exact) mass is 259 g/mol. The second-order valence-corrected chi connectivity index (χ2v) is 6.10. The van der Waals surface area contributed by atoms with Crippen LogP contribution < -0.4 is 5.32 Å². The van der Waals surface area contributed by atoms with Crippen LogP contribution in [0.1, 0.15) is 44.2 Å². The minimum absolute atomic E-state index is 0.525. The number of aromatic nitrogens is 1. The molecule has 1 saturated carbocycles. The van der Waals surface area contributed by atoms with Gasteiger partial charge in [-0.3, -0.25) is 9.88 Å². The van der Waals surface area contributed by atoms with Gasteiger partial charge in [-0.2, -0.15) is 0 Å². The fourth-order valence-electron chi connectivity index (χ4n) is 3.24. The van der Waals surface area contributed by atoms with Crippen LogP contribution in [0.15, 0.2) is 24.5 Å². The second-order valence-electron chi connectivity index (χ2n) is 6.10. The number of rotatable bonds is 5. The molecule has 3 heteroatoms. The van der Waals surface area contributed by atoms with Gasteiger partial charge < -0.3 is 5.32 Å². The molecule has 104 valence electrons. The van der Waals surface area contributed by atoms with Crippen molar-refractivity contribution in [1.29, 1.82) is 0 Å². The molecule has 0 spiro atoms. The lowest BCUT2D eigenvalue weighted by Gasteiger charge is -2.34. The highest BCUT2D eigenvalue weighted by Gasteiger charge is 2.34. The summed E-state index contributed by atoms with van der Waals surface area (Å²) in [7, 11) is 0. The zero-order valence-electron chi connectivity index (χ0n) is 11.9. The van der Waals surface area contributed by atoms with E-state index in [1.54, 1.807) is 0 Å². The number of pyridine rings is 1. The van der Waals surface area contributed by atoms with E-state index in [1.807, 2.05) is 12.4 Å². The summed E-state index contributed by atoms with van der Waals surface area (Å²) in [5, 5.41) is 3.54. The Hall–Kier alpha value is -0.930. The molecule has 2 fully saturated rings. The second kappa shape index (κ2) is 6.02. The molecule has 3 rings (SSSR count). The van der Waals surface area contributed by atoms with Crippen LogP contribution in [0.25, 0.3) is 0 Å². The molecule has 3 nitrogen and oxygen atoms in total. The van der Waals surface area contributed by atoms with Gasteiger partial charge in [-0.25, -0.2) is 0 Å². The predicted octanol–water partition coefficient (Wildman–Crippen LogP) is 2.61. The Balaban J connectivity index is 1.66. The first kappa shape index (κ1) is 13.1. The van der Waals surface area contributed by atoms with Gasteiger partial charge in [0.05, 0.1) is 0 Å². The summed E-state index contributed by atoms with van der Waals surface area (Å²) in [5.74, 6) is 0.832. The van der Waals surface area contributed by atoms with Crippen LogP contribution in [-0.4, -0.2) is 35.6 Å². The standard InChI is InChI=1S/C16H25N3/c1-13(15-6-9-17-10-7-15)19(16-4-5-16)12-14-3-2-8-18-11-14/h6-7,9-10,13-14,16,18H,2-5,8,11-12H2,1H3. The lowest BCUT2D eigenvalue weighted by atomic mass is 9.97. The number of piperidine rings is 1. The number of hydrogen-bond donors (Lipinski definition) is 1. The van der Waals surface area contributed by atoms with E-state index in [4.69, 9.17) is 0 Å². The Morgan fingerprint density at radius 1 is 1.32 bits per heavy atom. The topological polar surface area (TPSA) is 28.2 Å². The lowest BCUT2D eigenvalue weighted by Crippen LogP contribution is -2.40. The maximum absolute atomic E-state index is 4.13. The van der Waals surface area contributed by atoms with E-state index in [-0.39, 0.29) is 0 Å². The van der Waals surface area contributed by atoms with Gasteiger partial charge in [0.25, 0.3) is 0 Å². The smallest absolute Gasteiger partial charge is 0.0324 e. The van der Waals surface area contributed by atoms with Crippen LogP contribution in [0.2, 0.25) is 0 Å². The van der Waals surface area contributed by atoms with Gasteiger partial charge in [0.2, 0.25) is 0 Å². The van der Waals surface area contributed by atoms with Crippen LogP contribution in [0, 0.1) is 5.92 Å². The van der Waals surface area contributed by atoms with E-state index in [9.17, 15) is 0 Å². The van der Waals surface area contributed by atoms with Crippen molar-refractivity contribution in [3.05, 3.63) is 30.1 Å². The first-order chi connectivity index (χ1) is 9.34. The third kappa shape index (κ3) is 3.34. The van der Waals surface area contributed by atoms with Gasteiger partial charge in [-0.1, -0.05) is 0 Å². The molecule has 1 aromatic rings. The largest absolute Gasteiger partial charge is 0.316 e. The molecule has 1 N–H and O–H groups in total. The Morgan fingerprint density at radius 3 is 2.74 bits per heavy atom. The van der Waals surface area contributed by atoms with E-state index in [0.29, 0.717) is 6.04 Å². The van der Waals surface area contributed by atoms with Crippen LogP contribution in [0.4, 0.5) is 0 Å². The molecule has 2 unspecified atom stereocenters. The highest BCUT2D eigenvalue weighted by molar-refractivity contribution is 5.15. The Bertz CT molecular complexity index is 382. The summed E-state index contributed by atoms with van der Waals surface area (Å²) in [6.45, 7) is 6.01. The summed E-state index contributed by atoms with van der Waals surface area (Å²) in [6.07, 6.45) is 9.33. The Kier molecular flexibility index (Phi) is 4.14. The fourth-order valence-corrected chi connectivity index (χ4v) is 3.24. The molecule has 0 aromatic carbocycles. The Morgan fingerprint density at radius 2 is 2.11 bits per heavy atom. The van der Waals surface area contributed by atoms with E-state index < -0.39 is 0 Å². The average Bonchev–Trinajstić information content (AvgIpc) is 3.31. The van der Waals surface area contributed by atoms with Gasteiger partial charge in [-0.05, 0) is 69.3 Å². The minimum atomic E-state index is 0.525. The molecule has 0 amide bonds. The van der Waals surface area contributed by atoms with Gasteiger partial charge >= 0.3 is 0 Å². The van der Waals surface area contributed by atoms with Crippen molar-refractivity contribution in [3.63, 3.8) is 0 Å². The van der Waals surface area contributed by atoms with Crippen molar-refractivity contribution in [2.24, 2.45) is 5.92 Å². The SMILES string of the molecule is CC(c1ccncc1)N(CC1CCCNC1)C1CC1. The first-order valence-electron chi connectivity index (χ1n) is 7.71. The molecule has 1 aliphatic carbocycles. The minimum Gasteiger partial charge on any atom is -0.316 e. The highest BCUT2D eigenvalue weighted by Crippen LogP contribution is 2.35. The van der Waals surface area contributed by atoms with Crippen molar-refractivity contribution in [2.45, 2.75) is 44.7 Å². The van der Waals surface area contributed by atoms with E-state index in [1.165, 1.54) is 50.9 Å². The molecule has 2 aliphatic rings. The third-order valence-electron chi connectivity index (χ3n) is 4.57. The van der Waals surface area contributed by atoms with Crippen molar-refractivity contribution in [1.82, 2.24) is 15.2 Å². The van der Waals surface area contributed by atoms with Crippen LogP contribution in [0.3, 0.4) is 0 Å². The quantitative estimate of drug-likeness (QED) is 0.881. The van der Waals surface area contributed by atoms with Crippen LogP contribution in [0.5, 0.6) is 0 Å². The number of nitrogens with zero attached hydrogens (tertiary/aromatic N) is 2. The van der Waals surface area contributed by atoms with Gasteiger partial charge in [0.1, 0.15) is 0 Å². The number of hydrogen-bond acceptors (Lipinski definition) is 3. The number of nitrogens with one attached hydrogen (secondary N) is 1. The maximum atomic E-state index is 4.13. The molecular weight excluding hydrogens is 234 g/mol. The van der Waals surface area contributed by atoms with E-state index >= 15 is 0 Å². The Labute approximate surface area is 116 Å². The van der Waals surface area contributed by atoms with Crippen molar-refractivity contribution in [2.75, 3.05) is 19.6 Å². The summed E-state index contributed by atoms with van der Waals surface area (Å²) in [5.41, 5.74) is 1.41. The van der Waals surface area contributed by atoms with Crippen LogP contribution in [-0.2, 0) is 0 Å². The third-order valence-corrected chi connectivity index (χ3v) is 4.57. The zero-order chi connectivity index (χ0) is 13.1. The maximum Gasteiger partial charge on any atom is 0.0324 e. The van der Waals surface area contributed by atoms with E-state index in [2.05, 4.69) is 34.3 Å². The average molecular weight is 259 g/mol. The van der Waals surface area contributed by atoms with Gasteiger partial charge in [0.15, 0.2) is 0 Å². The first-order valence-corrected chi connectivity index (χ1v) is 7.71. The summed E-state index contributed by atoms with van der Waals surface area (Å²) in [6, 6.07) is 5.68. The molecule has 1 aliphatic heterocycles. The normalized spacial score (nSPS) is 25.5. The molecule has 1 saturated heterocycles. The van der Waals surface area contributed by atoms with Crippen molar-refractivity contribution in [3.8, 4) is 0 Å². The summed E-state index contributed by atoms with van der Waals surface area (Å²) >= 11 is 0. The van der Waals surface area contributed by atoms with Crippen molar-refractivity contribution < 1.29 is 0 Å². The molecule has 1 aromatic heterocycles. The predicted molar refractivity (Wildman–Crippen MR) is 78.0 cm³/mol. The fraction of sp³-hybridized carbons (Fsp3) is 0.688. The molecule has 0 bridgehead atoms. The summed E-state index contributed by atoms with van der Waals surface area (Å²) in [4.78, 5) is 6.86. The van der Waals surface area contributed by atoms with Crippen molar-refractivity contribution >= 4 is 0 Å². The summed E-state index contributed by atoms with van der Waals surface area (Å²) < 4.78 is 0. The van der Waals surface area contributed by atoms with Gasteiger partial charge in [-0.15, -0.1) is 0 Å². The van der Waals surface area contributed by atoms with Gasteiger partial charge in [0, 0.05) is 31.0 Å². The molecule has 2 atom stereocenters. The molecular formula is C16H25N3. The molecule has 19 heavy (non-hydrogen) atoms. The zero-order valence-corrected chi connectivity index (χ0v) is 11.9.